The van der Waals surface area contributed by atoms with Gasteiger partial charge in [-0.15, -0.1) is 0 Å². The molecule has 1 saturated carbocycles. The molecule has 2 aromatic carbocycles. The molecule has 9 heteroatoms. The number of rotatable bonds is 7. The van der Waals surface area contributed by atoms with Crippen molar-refractivity contribution in [1.82, 2.24) is 10.2 Å². The minimum Gasteiger partial charge on any atom is -0.359 e. The van der Waals surface area contributed by atoms with Crippen LogP contribution in [0.3, 0.4) is 0 Å². The van der Waals surface area contributed by atoms with Crippen molar-refractivity contribution in [3.05, 3.63) is 75.8 Å². The fourth-order valence-corrected chi connectivity index (χ4v) is 7.80. The van der Waals surface area contributed by atoms with Crippen LogP contribution in [0.25, 0.3) is 0 Å². The van der Waals surface area contributed by atoms with Crippen molar-refractivity contribution in [3.8, 4) is 0 Å². The number of carbonyl (C=O) groups is 3. The lowest BCUT2D eigenvalue weighted by Gasteiger charge is -2.38. The van der Waals surface area contributed by atoms with Crippen LogP contribution in [0.5, 0.6) is 0 Å². The van der Waals surface area contributed by atoms with Crippen LogP contribution in [0, 0.1) is 30.6 Å². The Morgan fingerprint density at radius 3 is 2.62 bits per heavy atom. The summed E-state index contributed by atoms with van der Waals surface area (Å²) in [7, 11) is 0. The fourth-order valence-electron chi connectivity index (χ4n) is 7.39. The van der Waals surface area contributed by atoms with E-state index < -0.39 is 29.6 Å². The van der Waals surface area contributed by atoms with Crippen molar-refractivity contribution in [3.63, 3.8) is 0 Å². The van der Waals surface area contributed by atoms with E-state index in [0.29, 0.717) is 34.0 Å². The summed E-state index contributed by atoms with van der Waals surface area (Å²) in [5.41, 5.74) is 1.12. The highest BCUT2D eigenvalue weighted by Gasteiger charge is 2.72. The van der Waals surface area contributed by atoms with Gasteiger partial charge in [-0.3, -0.25) is 14.4 Å². The second-order valence-electron chi connectivity index (χ2n) is 12.4. The molecule has 42 heavy (non-hydrogen) atoms. The van der Waals surface area contributed by atoms with Crippen LogP contribution in [-0.2, 0) is 25.5 Å². The largest absolute Gasteiger partial charge is 0.359 e. The second kappa shape index (κ2) is 11.3. The van der Waals surface area contributed by atoms with Gasteiger partial charge in [0.2, 0.25) is 17.7 Å². The van der Waals surface area contributed by atoms with Crippen LogP contribution in [0.1, 0.15) is 44.2 Å². The Morgan fingerprint density at radius 2 is 1.86 bits per heavy atom. The molecule has 2 aromatic rings. The predicted molar refractivity (Wildman–Crippen MR) is 163 cm³/mol. The van der Waals surface area contributed by atoms with Gasteiger partial charge in [0.25, 0.3) is 0 Å². The first-order chi connectivity index (χ1) is 20.1. The van der Waals surface area contributed by atoms with Gasteiger partial charge >= 0.3 is 0 Å². The van der Waals surface area contributed by atoms with Gasteiger partial charge in [-0.05, 0) is 60.9 Å². The summed E-state index contributed by atoms with van der Waals surface area (Å²) < 4.78 is 6.50. The molecule has 3 fully saturated rings. The zero-order valence-corrected chi connectivity index (χ0v) is 25.6. The molecule has 4 aliphatic rings. The number of nitrogens with zero attached hydrogens (tertiary/aromatic N) is 1. The number of amides is 3. The molecule has 2 saturated heterocycles. The summed E-state index contributed by atoms with van der Waals surface area (Å²) in [6.07, 6.45) is 6.64. The average Bonchev–Trinajstić information content (AvgIpc) is 3.60. The van der Waals surface area contributed by atoms with Crippen molar-refractivity contribution < 1.29 is 19.1 Å². The molecule has 7 nitrogen and oxygen atoms in total. The third kappa shape index (κ3) is 4.93. The lowest BCUT2D eigenvalue weighted by atomic mass is 9.73. The number of ether oxygens (including phenoxy) is 1. The van der Waals surface area contributed by atoms with E-state index in [1.54, 1.807) is 17.0 Å². The van der Waals surface area contributed by atoms with Gasteiger partial charge in [0.05, 0.1) is 17.9 Å². The molecule has 3 aliphatic heterocycles. The zero-order chi connectivity index (χ0) is 29.8. The fraction of sp³-hybridized carbons (Fsp3) is 0.485. The molecule has 222 valence electrons. The van der Waals surface area contributed by atoms with E-state index >= 15 is 0 Å². The van der Waals surface area contributed by atoms with Crippen LogP contribution >= 0.6 is 23.2 Å². The van der Waals surface area contributed by atoms with Gasteiger partial charge in [-0.25, -0.2) is 0 Å². The number of carbonyl (C=O) groups excluding carboxylic acids is 3. The second-order valence-corrected chi connectivity index (χ2v) is 13.2. The maximum atomic E-state index is 14.3. The molecule has 8 atom stereocenters. The lowest BCUT2D eigenvalue weighted by Crippen LogP contribution is -2.58. The Kier molecular flexibility index (Phi) is 7.88. The van der Waals surface area contributed by atoms with Gasteiger partial charge < -0.3 is 20.3 Å². The smallest absolute Gasteiger partial charge is 0.246 e. The summed E-state index contributed by atoms with van der Waals surface area (Å²) in [6.45, 7) is 6.57. The number of hydrogen-bond acceptors (Lipinski definition) is 4. The number of anilines is 1. The summed E-state index contributed by atoms with van der Waals surface area (Å²) in [5, 5.41) is 7.39. The Bertz CT molecular complexity index is 1450. The highest BCUT2D eigenvalue weighted by atomic mass is 35.5. The number of aryl methyl sites for hydroxylation is 1. The highest BCUT2D eigenvalue weighted by Crippen LogP contribution is 2.55. The monoisotopic (exact) mass is 609 g/mol. The van der Waals surface area contributed by atoms with Gasteiger partial charge in [-0.2, -0.15) is 0 Å². The lowest BCUT2D eigenvalue weighted by molar-refractivity contribution is -0.141. The van der Waals surface area contributed by atoms with Crippen LogP contribution in [-0.4, -0.2) is 53.0 Å². The number of nitrogens with one attached hydrogen (secondary N) is 2. The van der Waals surface area contributed by atoms with E-state index in [-0.39, 0.29) is 30.3 Å². The van der Waals surface area contributed by atoms with Crippen LogP contribution in [0.15, 0.2) is 54.6 Å². The molecule has 1 spiro atoms. The number of halogens is 2. The third-order valence-corrected chi connectivity index (χ3v) is 10.8. The summed E-state index contributed by atoms with van der Waals surface area (Å²) in [6, 6.07) is 11.9. The number of hydrogen-bond donors (Lipinski definition) is 2. The first-order valence-corrected chi connectivity index (χ1v) is 15.6. The van der Waals surface area contributed by atoms with Crippen molar-refractivity contribution in [2.24, 2.45) is 23.7 Å². The first kappa shape index (κ1) is 29.2. The molecule has 3 heterocycles. The number of benzene rings is 2. The molecule has 6 unspecified atom stereocenters. The van der Waals surface area contributed by atoms with E-state index in [2.05, 4.69) is 24.5 Å². The Morgan fingerprint density at radius 1 is 1.07 bits per heavy atom. The Labute approximate surface area is 257 Å². The maximum Gasteiger partial charge on any atom is 0.246 e. The number of fused-ring (bicyclic) bond motifs is 1. The normalized spacial score (nSPS) is 33.1. The molecule has 0 aromatic heterocycles. The average molecular weight is 611 g/mol. The highest BCUT2D eigenvalue weighted by molar-refractivity contribution is 6.31. The molecule has 3 amide bonds. The van der Waals surface area contributed by atoms with Crippen LogP contribution in [0.4, 0.5) is 5.69 Å². The molecule has 2 bridgehead atoms. The van der Waals surface area contributed by atoms with Gasteiger partial charge in [0.15, 0.2) is 0 Å². The van der Waals surface area contributed by atoms with E-state index in [1.165, 1.54) is 0 Å². The predicted octanol–water partition coefficient (Wildman–Crippen LogP) is 5.57. The van der Waals surface area contributed by atoms with Crippen molar-refractivity contribution in [1.29, 1.82) is 0 Å². The minimum atomic E-state index is -1.22. The summed E-state index contributed by atoms with van der Waals surface area (Å²) in [5.74, 6) is -1.59. The van der Waals surface area contributed by atoms with E-state index in [1.807, 2.05) is 49.4 Å². The molecule has 1 aliphatic carbocycles. The van der Waals surface area contributed by atoms with Crippen molar-refractivity contribution in [2.45, 2.75) is 70.2 Å². The zero-order valence-electron chi connectivity index (χ0n) is 24.1. The summed E-state index contributed by atoms with van der Waals surface area (Å²) in [4.78, 5) is 43.8. The molecule has 0 radical (unpaired) electrons. The third-order valence-electron chi connectivity index (χ3n) is 9.98. The van der Waals surface area contributed by atoms with Gasteiger partial charge in [0.1, 0.15) is 11.6 Å². The Balaban J connectivity index is 1.31. The summed E-state index contributed by atoms with van der Waals surface area (Å²) >= 11 is 12.7. The maximum absolute atomic E-state index is 14.3. The van der Waals surface area contributed by atoms with Crippen molar-refractivity contribution in [2.75, 3.05) is 11.9 Å². The number of likely N-dealkylation sites (tertiary alicyclic amines) is 1. The Hall–Kier alpha value is -2.87. The van der Waals surface area contributed by atoms with E-state index in [4.69, 9.17) is 27.9 Å². The topological polar surface area (TPSA) is 87.7 Å². The molecule has 2 N–H and O–H groups in total. The molecular formula is C33H37Cl2N3O4. The standard InChI is InChI=1S/C33H37Cl2N3O4/c1-18-7-6-10-25(20(18)3)37-31(40)29-33-15-13-26(42-33)27(30(39)36-22-12-11-19(2)24(35)17-22)28(33)32(41)38(29)16-14-21-8-4-5-9-23(21)34/h4-5,8-9,11-13,15,17-18,20,25-29H,6-7,10,14,16H2,1-3H3,(H,36,39)(H,37,40)/t18?,20?,25?,26-,27?,28-,29?,33?/m0/s1. The van der Waals surface area contributed by atoms with Crippen LogP contribution in [0.2, 0.25) is 10.0 Å². The van der Waals surface area contributed by atoms with Gasteiger partial charge in [-0.1, -0.05) is 86.3 Å². The van der Waals surface area contributed by atoms with Crippen molar-refractivity contribution >= 4 is 46.6 Å². The van der Waals surface area contributed by atoms with E-state index in [9.17, 15) is 14.4 Å². The minimum absolute atomic E-state index is 0.0187. The van der Waals surface area contributed by atoms with Crippen LogP contribution < -0.4 is 10.6 Å². The molecular weight excluding hydrogens is 573 g/mol. The SMILES string of the molecule is Cc1ccc(NC(=O)C2[C@@H]3C=CC4(O3)C(C(=O)NC3CCCC(C)C3C)N(CCc3ccccc3Cl)C(=O)[C@H]24)cc1Cl. The quantitative estimate of drug-likeness (QED) is 0.401. The van der Waals surface area contributed by atoms with E-state index in [0.717, 1.165) is 30.4 Å². The first-order valence-electron chi connectivity index (χ1n) is 14.9. The van der Waals surface area contributed by atoms with Gasteiger partial charge in [0, 0.05) is 28.3 Å². The molecule has 6 rings (SSSR count).